The number of fused-ring (bicyclic) bond motifs is 2. The first-order valence-electron chi connectivity index (χ1n) is 10.3. The zero-order valence-electron chi connectivity index (χ0n) is 17.4. The molecule has 1 atom stereocenters. The molecular weight excluding hydrogens is 392 g/mol. The van der Waals surface area contributed by atoms with E-state index < -0.39 is 0 Å². The molecule has 0 fully saturated rings. The van der Waals surface area contributed by atoms with E-state index in [1.165, 1.54) is 0 Å². The number of nitrogens with zero attached hydrogens (tertiary/aromatic N) is 2. The fourth-order valence-electron chi connectivity index (χ4n) is 4.21. The highest BCUT2D eigenvalue weighted by atomic mass is 16.5. The van der Waals surface area contributed by atoms with Gasteiger partial charge in [0.05, 0.1) is 23.0 Å². The Hall–Kier alpha value is -3.67. The average molecular weight is 414 g/mol. The molecule has 0 aliphatic heterocycles. The van der Waals surface area contributed by atoms with Crippen LogP contribution in [0.2, 0.25) is 0 Å². The van der Waals surface area contributed by atoms with E-state index >= 15 is 0 Å². The van der Waals surface area contributed by atoms with Crippen molar-refractivity contribution in [2.75, 3.05) is 0 Å². The molecule has 0 N–H and O–H groups in total. The Balaban J connectivity index is 1.61. The van der Waals surface area contributed by atoms with Gasteiger partial charge >= 0.3 is 5.97 Å². The zero-order valence-corrected chi connectivity index (χ0v) is 17.4. The summed E-state index contributed by atoms with van der Waals surface area (Å²) in [5.74, 6) is 1.44. The summed E-state index contributed by atoms with van der Waals surface area (Å²) < 4.78 is 16.3. The van der Waals surface area contributed by atoms with Crippen LogP contribution in [0.15, 0.2) is 57.7 Å². The van der Waals surface area contributed by atoms with Gasteiger partial charge in [-0.3, -0.25) is 0 Å². The van der Waals surface area contributed by atoms with Crippen molar-refractivity contribution < 1.29 is 18.5 Å². The Morgan fingerprint density at radius 2 is 2.10 bits per heavy atom. The normalized spacial score (nSPS) is 17.1. The molecule has 0 unspecified atom stereocenters. The first-order chi connectivity index (χ1) is 15.1. The van der Waals surface area contributed by atoms with Gasteiger partial charge in [0.25, 0.3) is 0 Å². The van der Waals surface area contributed by atoms with Crippen molar-refractivity contribution in [3.05, 3.63) is 82.8 Å². The Labute approximate surface area is 179 Å². The number of furan rings is 1. The van der Waals surface area contributed by atoms with E-state index in [9.17, 15) is 4.79 Å². The first-order valence-corrected chi connectivity index (χ1v) is 10.3. The number of esters is 1. The molecule has 31 heavy (non-hydrogen) atoms. The van der Waals surface area contributed by atoms with Gasteiger partial charge in [-0.1, -0.05) is 30.3 Å². The van der Waals surface area contributed by atoms with Crippen LogP contribution < -0.4 is 0 Å². The second kappa shape index (κ2) is 7.87. The monoisotopic (exact) mass is 414 g/mol. The maximum atomic E-state index is 13.3. The van der Waals surface area contributed by atoms with Crippen molar-refractivity contribution in [2.45, 2.75) is 33.3 Å². The number of benzene rings is 1. The lowest BCUT2D eigenvalue weighted by Crippen LogP contribution is -2.19. The summed E-state index contributed by atoms with van der Waals surface area (Å²) in [7, 11) is 0. The highest BCUT2D eigenvalue weighted by molar-refractivity contribution is 6.06. The van der Waals surface area contributed by atoms with Crippen molar-refractivity contribution in [2.24, 2.45) is 5.92 Å². The number of aromatic nitrogens is 2. The maximum absolute atomic E-state index is 13.3. The van der Waals surface area contributed by atoms with Gasteiger partial charge in [-0.2, -0.15) is 0 Å². The number of carbonyl (C=O) groups is 1. The van der Waals surface area contributed by atoms with Crippen molar-refractivity contribution in [3.8, 4) is 0 Å². The molecule has 1 aliphatic carbocycles. The number of ether oxygens (including phenoxy) is 1. The van der Waals surface area contributed by atoms with Crippen LogP contribution in [0.25, 0.3) is 22.6 Å². The Morgan fingerprint density at radius 1 is 1.23 bits per heavy atom. The fraction of sp³-hybridized carbons (Fsp3) is 0.240. The number of pyridine rings is 1. The van der Waals surface area contributed by atoms with Crippen LogP contribution in [-0.2, 0) is 17.8 Å². The van der Waals surface area contributed by atoms with Crippen molar-refractivity contribution in [3.63, 3.8) is 0 Å². The van der Waals surface area contributed by atoms with Crippen LogP contribution in [0, 0.1) is 12.8 Å². The van der Waals surface area contributed by atoms with Gasteiger partial charge < -0.3 is 13.7 Å². The van der Waals surface area contributed by atoms with Gasteiger partial charge in [-0.15, -0.1) is 0 Å². The first kappa shape index (κ1) is 19.3. The molecule has 6 nitrogen and oxygen atoms in total. The minimum absolute atomic E-state index is 0.0617. The Kier molecular flexibility index (Phi) is 4.90. The maximum Gasteiger partial charge on any atom is 0.339 e. The predicted molar refractivity (Wildman–Crippen MR) is 116 cm³/mol. The number of aryl methyl sites for hydroxylation is 1. The van der Waals surface area contributed by atoms with E-state index in [4.69, 9.17) is 18.7 Å². The molecule has 0 saturated carbocycles. The lowest BCUT2D eigenvalue weighted by Gasteiger charge is -2.26. The second-order valence-corrected chi connectivity index (χ2v) is 8.03. The zero-order chi connectivity index (χ0) is 21.4. The van der Waals surface area contributed by atoms with E-state index in [1.807, 2.05) is 42.5 Å². The minimum atomic E-state index is -0.373. The van der Waals surface area contributed by atoms with E-state index in [1.54, 1.807) is 19.3 Å². The van der Waals surface area contributed by atoms with Crippen molar-refractivity contribution in [1.82, 2.24) is 10.1 Å². The molecule has 0 spiro atoms. The summed E-state index contributed by atoms with van der Waals surface area (Å²) in [6.07, 6.45) is 5.30. The molecule has 0 amide bonds. The number of hydrogen-bond acceptors (Lipinski definition) is 6. The number of allylic oxidation sites excluding steroid dienone is 1. The summed E-state index contributed by atoms with van der Waals surface area (Å²) in [6.45, 7) is 4.05. The van der Waals surface area contributed by atoms with Gasteiger partial charge in [0.2, 0.25) is 0 Å². The van der Waals surface area contributed by atoms with Gasteiger partial charge in [-0.25, -0.2) is 9.78 Å². The summed E-state index contributed by atoms with van der Waals surface area (Å²) in [6, 6.07) is 13.2. The highest BCUT2D eigenvalue weighted by Crippen LogP contribution is 2.38. The Morgan fingerprint density at radius 3 is 2.87 bits per heavy atom. The quantitative estimate of drug-likeness (QED) is 0.404. The summed E-state index contributed by atoms with van der Waals surface area (Å²) >= 11 is 0. The van der Waals surface area contributed by atoms with Gasteiger partial charge in [0.1, 0.15) is 23.8 Å². The largest absolute Gasteiger partial charge is 0.465 e. The van der Waals surface area contributed by atoms with Crippen molar-refractivity contribution >= 4 is 28.5 Å². The molecule has 0 saturated heterocycles. The number of para-hydroxylation sites is 1. The molecule has 0 bridgehead atoms. The van der Waals surface area contributed by atoms with E-state index in [-0.39, 0.29) is 12.6 Å². The molecule has 156 valence electrons. The summed E-state index contributed by atoms with van der Waals surface area (Å²) in [4.78, 5) is 18.2. The second-order valence-electron chi connectivity index (χ2n) is 8.03. The lowest BCUT2D eigenvalue weighted by molar-refractivity contribution is 0.0465. The number of hydrogen-bond donors (Lipinski definition) is 0. The molecule has 1 aliphatic rings. The molecule has 3 aromatic heterocycles. The van der Waals surface area contributed by atoms with Gasteiger partial charge in [-0.05, 0) is 61.1 Å². The molecule has 5 rings (SSSR count). The van der Waals surface area contributed by atoms with Gasteiger partial charge in [0.15, 0.2) is 0 Å². The lowest BCUT2D eigenvalue weighted by atomic mass is 9.81. The number of rotatable bonds is 4. The molecular formula is C25H22N2O4. The third-order valence-corrected chi connectivity index (χ3v) is 5.51. The van der Waals surface area contributed by atoms with E-state index in [0.717, 1.165) is 46.3 Å². The van der Waals surface area contributed by atoms with Crippen LogP contribution in [0.3, 0.4) is 0 Å². The van der Waals surface area contributed by atoms with Crippen LogP contribution >= 0.6 is 0 Å². The predicted octanol–water partition coefficient (Wildman–Crippen LogP) is 5.60. The molecule has 0 radical (unpaired) electrons. The standard InChI is InChI=1S/C25H22N2O4/c1-15-10-17(13-19-6-5-9-29-19)24-21(11-15)23(20-7-3-4-8-22(20)26-24)25(28)30-14-18-12-16(2)31-27-18/h3-9,12-13,15H,10-11,14H2,1-2H3/b17-13-/t15-/m0/s1. The highest BCUT2D eigenvalue weighted by Gasteiger charge is 2.29. The van der Waals surface area contributed by atoms with Crippen LogP contribution in [0.4, 0.5) is 0 Å². The Bertz CT molecular complexity index is 1280. The SMILES string of the molecule is Cc1cc(COC(=O)c2c3c(nc4ccccc24)/C(=C\c2ccco2)C[C@H](C)C3)no1. The molecule has 6 heteroatoms. The summed E-state index contributed by atoms with van der Waals surface area (Å²) in [5, 5.41) is 4.71. The number of carbonyl (C=O) groups excluding carboxylic acids is 1. The van der Waals surface area contributed by atoms with Crippen LogP contribution in [0.1, 0.15) is 52.2 Å². The van der Waals surface area contributed by atoms with Crippen molar-refractivity contribution in [1.29, 1.82) is 0 Å². The average Bonchev–Trinajstić information content (AvgIpc) is 3.42. The van der Waals surface area contributed by atoms with Gasteiger partial charge in [0, 0.05) is 11.5 Å². The summed E-state index contributed by atoms with van der Waals surface area (Å²) in [5.41, 5.74) is 4.78. The van der Waals surface area contributed by atoms with Crippen LogP contribution in [0.5, 0.6) is 0 Å². The minimum Gasteiger partial charge on any atom is -0.465 e. The third-order valence-electron chi connectivity index (χ3n) is 5.51. The smallest absolute Gasteiger partial charge is 0.339 e. The molecule has 1 aromatic carbocycles. The topological polar surface area (TPSA) is 78.4 Å². The fourth-order valence-corrected chi connectivity index (χ4v) is 4.21. The van der Waals surface area contributed by atoms with E-state index in [2.05, 4.69) is 12.1 Å². The third kappa shape index (κ3) is 3.77. The molecule has 3 heterocycles. The molecule has 4 aromatic rings. The van der Waals surface area contributed by atoms with Crippen LogP contribution in [-0.4, -0.2) is 16.1 Å². The van der Waals surface area contributed by atoms with E-state index in [0.29, 0.717) is 22.9 Å².